The van der Waals surface area contributed by atoms with Crippen LogP contribution < -0.4 is 5.32 Å². The number of fused-ring (bicyclic) bond motifs is 1. The Kier molecular flexibility index (Phi) is 7.77. The molecular weight excluding hydrogens is 514 g/mol. The molecule has 1 aliphatic heterocycles. The molecule has 4 rings (SSSR count). The van der Waals surface area contributed by atoms with E-state index in [9.17, 15) is 19.5 Å². The molecule has 2 aromatic carbocycles. The third-order valence-corrected chi connectivity index (χ3v) is 6.58. The van der Waals surface area contributed by atoms with E-state index in [1.54, 1.807) is 18.3 Å². The summed E-state index contributed by atoms with van der Waals surface area (Å²) in [6, 6.07) is 18.2. The first-order valence-electron chi connectivity index (χ1n) is 11.1. The molecule has 1 aromatic heterocycles. The predicted octanol–water partition coefficient (Wildman–Crippen LogP) is 3.72. The van der Waals surface area contributed by atoms with Gasteiger partial charge in [0.25, 0.3) is 0 Å². The molecule has 0 saturated carbocycles. The molecule has 180 valence electrons. The van der Waals surface area contributed by atoms with Crippen LogP contribution in [0.25, 0.3) is 0 Å². The van der Waals surface area contributed by atoms with Gasteiger partial charge in [0.15, 0.2) is 0 Å². The topological polar surface area (TPSA) is 109 Å². The van der Waals surface area contributed by atoms with Gasteiger partial charge in [0.05, 0.1) is 6.54 Å². The number of ether oxygens (including phenoxy) is 1. The van der Waals surface area contributed by atoms with Crippen LogP contribution in [0.1, 0.15) is 22.3 Å². The highest BCUT2D eigenvalue weighted by molar-refractivity contribution is 9.10. The predicted molar refractivity (Wildman–Crippen MR) is 131 cm³/mol. The van der Waals surface area contributed by atoms with Crippen molar-refractivity contribution in [2.75, 3.05) is 0 Å². The maximum atomic E-state index is 13.3. The Hall–Kier alpha value is -3.72. The van der Waals surface area contributed by atoms with Gasteiger partial charge in [-0.2, -0.15) is 0 Å². The van der Waals surface area contributed by atoms with E-state index in [-0.39, 0.29) is 26.0 Å². The summed E-state index contributed by atoms with van der Waals surface area (Å²) in [6.45, 7) is 0.257. The lowest BCUT2D eigenvalue weighted by Gasteiger charge is -2.35. The van der Waals surface area contributed by atoms with Gasteiger partial charge in [0, 0.05) is 19.0 Å². The number of amides is 2. The monoisotopic (exact) mass is 537 g/mol. The van der Waals surface area contributed by atoms with E-state index in [2.05, 4.69) is 26.2 Å². The number of carbonyl (C=O) groups excluding carboxylic acids is 2. The van der Waals surface area contributed by atoms with Crippen molar-refractivity contribution in [1.29, 1.82) is 0 Å². The van der Waals surface area contributed by atoms with Crippen LogP contribution in [0.3, 0.4) is 0 Å². The second kappa shape index (κ2) is 11.1. The van der Waals surface area contributed by atoms with Crippen LogP contribution in [0.4, 0.5) is 4.79 Å². The minimum atomic E-state index is -1.19. The summed E-state index contributed by atoms with van der Waals surface area (Å²) >= 11 is 3.31. The molecule has 8 nitrogen and oxygen atoms in total. The lowest BCUT2D eigenvalue weighted by Crippen LogP contribution is -2.56. The van der Waals surface area contributed by atoms with E-state index in [1.165, 1.54) is 4.90 Å². The number of benzene rings is 2. The average Bonchev–Trinajstić information content (AvgIpc) is 2.87. The number of pyridine rings is 1. The van der Waals surface area contributed by atoms with E-state index in [0.29, 0.717) is 10.2 Å². The molecule has 2 amide bonds. The largest absolute Gasteiger partial charge is 0.480 e. The Balaban J connectivity index is 1.52. The highest BCUT2D eigenvalue weighted by Gasteiger charge is 2.37. The van der Waals surface area contributed by atoms with Gasteiger partial charge in [-0.05, 0) is 44.3 Å². The number of aliphatic carboxylic acids is 1. The van der Waals surface area contributed by atoms with Crippen molar-refractivity contribution >= 4 is 33.9 Å². The van der Waals surface area contributed by atoms with Crippen LogP contribution in [-0.2, 0) is 40.3 Å². The Morgan fingerprint density at radius 1 is 1.06 bits per heavy atom. The number of carboxylic acid groups (broad SMARTS) is 1. The van der Waals surface area contributed by atoms with Crippen LogP contribution in [0.5, 0.6) is 0 Å². The molecule has 0 aliphatic carbocycles. The Labute approximate surface area is 211 Å². The zero-order chi connectivity index (χ0) is 24.8. The van der Waals surface area contributed by atoms with Crippen molar-refractivity contribution in [1.82, 2.24) is 15.2 Å². The van der Waals surface area contributed by atoms with Gasteiger partial charge in [-0.25, -0.2) is 14.6 Å². The first-order valence-corrected chi connectivity index (χ1v) is 11.9. The number of rotatable bonds is 7. The molecular formula is C26H24BrN3O5. The molecule has 0 fully saturated rings. The summed E-state index contributed by atoms with van der Waals surface area (Å²) < 4.78 is 6.02. The van der Waals surface area contributed by atoms with Gasteiger partial charge in [-0.3, -0.25) is 9.69 Å². The molecule has 0 saturated heterocycles. The molecule has 1 aliphatic rings. The second-order valence-corrected chi connectivity index (χ2v) is 8.96. The lowest BCUT2D eigenvalue weighted by molar-refractivity contribution is -0.142. The molecule has 3 aromatic rings. The van der Waals surface area contributed by atoms with Gasteiger partial charge >= 0.3 is 12.1 Å². The average molecular weight is 538 g/mol. The van der Waals surface area contributed by atoms with Crippen LogP contribution >= 0.6 is 15.9 Å². The molecule has 2 N–H and O–H groups in total. The van der Waals surface area contributed by atoms with Crippen LogP contribution in [0.2, 0.25) is 0 Å². The maximum Gasteiger partial charge on any atom is 0.411 e. The van der Waals surface area contributed by atoms with E-state index >= 15 is 0 Å². The number of hydrogen-bond acceptors (Lipinski definition) is 5. The first-order chi connectivity index (χ1) is 16.9. The van der Waals surface area contributed by atoms with E-state index in [1.807, 2.05) is 54.6 Å². The SMILES string of the molecule is O=C(O)[C@H](Cc1cccnc1Br)NC(=O)[C@@H]1Cc2ccccc2CN1C(=O)OCc1ccccc1. The standard InChI is InChI=1S/C26H24BrN3O5/c27-23-19(11-6-12-28-23)13-21(25(32)33)29-24(31)22-14-18-9-4-5-10-20(18)15-30(22)26(34)35-16-17-7-2-1-3-8-17/h1-12,21-22H,13-16H2,(H,29,31)(H,32,33)/t21-,22-/m0/s1. The first kappa shape index (κ1) is 24.4. The van der Waals surface area contributed by atoms with E-state index < -0.39 is 30.1 Å². The second-order valence-electron chi connectivity index (χ2n) is 8.21. The fourth-order valence-corrected chi connectivity index (χ4v) is 4.42. The number of carbonyl (C=O) groups is 3. The fraction of sp³-hybridized carbons (Fsp3) is 0.231. The summed E-state index contributed by atoms with van der Waals surface area (Å²) in [5, 5.41) is 12.4. The molecule has 35 heavy (non-hydrogen) atoms. The molecule has 2 heterocycles. The number of nitrogens with one attached hydrogen (secondary N) is 1. The maximum absolute atomic E-state index is 13.3. The Bertz CT molecular complexity index is 1220. The number of carboxylic acids is 1. The third-order valence-electron chi connectivity index (χ3n) is 5.87. The molecule has 0 spiro atoms. The van der Waals surface area contributed by atoms with Crippen LogP contribution in [-0.4, -0.2) is 45.0 Å². The van der Waals surface area contributed by atoms with Crippen molar-refractivity contribution in [3.63, 3.8) is 0 Å². The van der Waals surface area contributed by atoms with Crippen molar-refractivity contribution in [3.8, 4) is 0 Å². The van der Waals surface area contributed by atoms with Gasteiger partial charge in [-0.15, -0.1) is 0 Å². The molecule has 0 radical (unpaired) electrons. The summed E-state index contributed by atoms with van der Waals surface area (Å²) in [7, 11) is 0. The number of halogens is 1. The van der Waals surface area contributed by atoms with Crippen molar-refractivity contribution in [3.05, 3.63) is 99.8 Å². The number of aromatic nitrogens is 1. The van der Waals surface area contributed by atoms with Gasteiger partial charge in [0.1, 0.15) is 23.3 Å². The van der Waals surface area contributed by atoms with E-state index in [4.69, 9.17) is 4.74 Å². The highest BCUT2D eigenvalue weighted by Crippen LogP contribution is 2.25. The van der Waals surface area contributed by atoms with Crippen molar-refractivity contribution in [2.45, 2.75) is 38.1 Å². The van der Waals surface area contributed by atoms with Gasteiger partial charge in [-0.1, -0.05) is 60.7 Å². The summed E-state index contributed by atoms with van der Waals surface area (Å²) in [5.41, 5.74) is 3.32. The minimum Gasteiger partial charge on any atom is -0.480 e. The summed E-state index contributed by atoms with van der Waals surface area (Å²) in [4.78, 5) is 43.8. The number of hydrogen-bond donors (Lipinski definition) is 2. The summed E-state index contributed by atoms with van der Waals surface area (Å²) in [6.07, 6.45) is 1.24. The Morgan fingerprint density at radius 3 is 2.49 bits per heavy atom. The molecule has 0 bridgehead atoms. The Morgan fingerprint density at radius 2 is 1.77 bits per heavy atom. The number of nitrogens with zero attached hydrogens (tertiary/aromatic N) is 2. The van der Waals surface area contributed by atoms with Crippen LogP contribution in [0, 0.1) is 0 Å². The van der Waals surface area contributed by atoms with Crippen molar-refractivity contribution < 1.29 is 24.2 Å². The van der Waals surface area contributed by atoms with Gasteiger partial charge in [0.2, 0.25) is 5.91 Å². The molecule has 9 heteroatoms. The molecule has 0 unspecified atom stereocenters. The summed E-state index contributed by atoms with van der Waals surface area (Å²) in [5.74, 6) is -1.73. The minimum absolute atomic E-state index is 0.0389. The van der Waals surface area contributed by atoms with Crippen molar-refractivity contribution in [2.24, 2.45) is 0 Å². The van der Waals surface area contributed by atoms with Crippen LogP contribution in [0.15, 0.2) is 77.5 Å². The smallest absolute Gasteiger partial charge is 0.411 e. The fourth-order valence-electron chi connectivity index (χ4n) is 4.01. The zero-order valence-corrected chi connectivity index (χ0v) is 20.3. The zero-order valence-electron chi connectivity index (χ0n) is 18.8. The highest BCUT2D eigenvalue weighted by atomic mass is 79.9. The third kappa shape index (κ3) is 6.05. The normalized spacial score (nSPS) is 15.6. The molecule has 2 atom stereocenters. The lowest BCUT2D eigenvalue weighted by atomic mass is 9.93. The quantitative estimate of drug-likeness (QED) is 0.444. The van der Waals surface area contributed by atoms with E-state index in [0.717, 1.165) is 16.7 Å². The van der Waals surface area contributed by atoms with Gasteiger partial charge < -0.3 is 15.2 Å².